The predicted octanol–water partition coefficient (Wildman–Crippen LogP) is 1.81. The van der Waals surface area contributed by atoms with Gasteiger partial charge in [-0.15, -0.1) is 0 Å². The average molecular weight is 246 g/mol. The molecule has 1 aromatic heterocycles. The van der Waals surface area contributed by atoms with Crippen LogP contribution in [-0.4, -0.2) is 11.7 Å². The molecular weight excluding hydrogens is 234 g/mol. The Morgan fingerprint density at radius 3 is 2.69 bits per heavy atom. The molecule has 2 rings (SSSR count). The standard InChI is InChI=1S/C9H12BrNO2/c10-7-2-1-6(13-7)8(12)9(5-11)3-4-9/h1-2,8,12H,3-5,11H2. The van der Waals surface area contributed by atoms with Crippen molar-refractivity contribution in [3.8, 4) is 0 Å². The summed E-state index contributed by atoms with van der Waals surface area (Å²) in [6.45, 7) is 0.520. The van der Waals surface area contributed by atoms with Gasteiger partial charge in [0.05, 0.1) is 0 Å². The molecule has 0 bridgehead atoms. The van der Waals surface area contributed by atoms with Crippen LogP contribution < -0.4 is 5.73 Å². The maximum atomic E-state index is 9.93. The fourth-order valence-electron chi connectivity index (χ4n) is 1.53. The van der Waals surface area contributed by atoms with E-state index >= 15 is 0 Å². The maximum Gasteiger partial charge on any atom is 0.169 e. The minimum absolute atomic E-state index is 0.114. The molecule has 0 saturated heterocycles. The van der Waals surface area contributed by atoms with E-state index in [1.54, 1.807) is 12.1 Å². The largest absolute Gasteiger partial charge is 0.452 e. The van der Waals surface area contributed by atoms with Crippen LogP contribution in [0.1, 0.15) is 24.7 Å². The summed E-state index contributed by atoms with van der Waals surface area (Å²) >= 11 is 3.20. The third-order valence-corrected chi connectivity index (χ3v) is 3.17. The Kier molecular flexibility index (Phi) is 2.21. The monoisotopic (exact) mass is 245 g/mol. The van der Waals surface area contributed by atoms with E-state index in [9.17, 15) is 5.11 Å². The normalized spacial score (nSPS) is 21.5. The molecule has 0 radical (unpaired) electrons. The topological polar surface area (TPSA) is 59.4 Å². The summed E-state index contributed by atoms with van der Waals surface area (Å²) in [5, 5.41) is 9.93. The molecule has 1 aliphatic carbocycles. The molecule has 13 heavy (non-hydrogen) atoms. The molecule has 0 amide bonds. The first kappa shape index (κ1) is 9.24. The van der Waals surface area contributed by atoms with Gasteiger partial charge in [0.25, 0.3) is 0 Å². The average Bonchev–Trinajstić information content (AvgIpc) is 2.82. The van der Waals surface area contributed by atoms with Crippen LogP contribution >= 0.6 is 15.9 Å². The van der Waals surface area contributed by atoms with Crippen molar-refractivity contribution in [1.29, 1.82) is 0 Å². The summed E-state index contributed by atoms with van der Waals surface area (Å²) < 4.78 is 5.93. The summed E-state index contributed by atoms with van der Waals surface area (Å²) in [4.78, 5) is 0. The summed E-state index contributed by atoms with van der Waals surface area (Å²) in [7, 11) is 0. The maximum absolute atomic E-state index is 9.93. The number of rotatable bonds is 3. The third-order valence-electron chi connectivity index (χ3n) is 2.74. The van der Waals surface area contributed by atoms with Gasteiger partial charge in [0.15, 0.2) is 4.67 Å². The zero-order chi connectivity index (χ0) is 9.47. The highest BCUT2D eigenvalue weighted by Crippen LogP contribution is 2.54. The van der Waals surface area contributed by atoms with Crippen LogP contribution in [0.15, 0.2) is 21.2 Å². The van der Waals surface area contributed by atoms with E-state index in [1.165, 1.54) is 0 Å². The number of hydrogen-bond donors (Lipinski definition) is 2. The number of furan rings is 1. The molecular formula is C9H12BrNO2. The molecule has 3 nitrogen and oxygen atoms in total. The summed E-state index contributed by atoms with van der Waals surface area (Å²) in [5.74, 6) is 0.606. The van der Waals surface area contributed by atoms with Crippen LogP contribution in [-0.2, 0) is 0 Å². The number of nitrogens with two attached hydrogens (primary N) is 1. The first-order valence-electron chi connectivity index (χ1n) is 4.31. The molecule has 1 fully saturated rings. The van der Waals surface area contributed by atoms with Crippen molar-refractivity contribution in [3.63, 3.8) is 0 Å². The smallest absolute Gasteiger partial charge is 0.169 e. The minimum Gasteiger partial charge on any atom is -0.452 e. The Balaban J connectivity index is 2.17. The van der Waals surface area contributed by atoms with E-state index in [0.29, 0.717) is 17.0 Å². The van der Waals surface area contributed by atoms with E-state index in [4.69, 9.17) is 10.2 Å². The van der Waals surface area contributed by atoms with Gasteiger partial charge in [0, 0.05) is 12.0 Å². The number of aliphatic hydroxyl groups excluding tert-OH is 1. The van der Waals surface area contributed by atoms with E-state index in [0.717, 1.165) is 12.8 Å². The van der Waals surface area contributed by atoms with E-state index in [1.807, 2.05) is 0 Å². The van der Waals surface area contributed by atoms with Crippen molar-refractivity contribution in [1.82, 2.24) is 0 Å². The highest BCUT2D eigenvalue weighted by Gasteiger charge is 2.49. The van der Waals surface area contributed by atoms with Crippen LogP contribution in [0, 0.1) is 5.41 Å². The van der Waals surface area contributed by atoms with Gasteiger partial charge < -0.3 is 15.3 Å². The van der Waals surface area contributed by atoms with Crippen molar-refractivity contribution in [2.24, 2.45) is 11.1 Å². The van der Waals surface area contributed by atoms with E-state index < -0.39 is 6.10 Å². The second-order valence-corrected chi connectivity index (χ2v) is 4.39. The molecule has 1 heterocycles. The van der Waals surface area contributed by atoms with E-state index in [-0.39, 0.29) is 5.41 Å². The van der Waals surface area contributed by atoms with Crippen LogP contribution in [0.2, 0.25) is 0 Å². The Morgan fingerprint density at radius 2 is 2.31 bits per heavy atom. The molecule has 0 spiro atoms. The highest BCUT2D eigenvalue weighted by atomic mass is 79.9. The van der Waals surface area contributed by atoms with Crippen LogP contribution in [0.4, 0.5) is 0 Å². The molecule has 1 atom stereocenters. The predicted molar refractivity (Wildman–Crippen MR) is 52.1 cm³/mol. The fraction of sp³-hybridized carbons (Fsp3) is 0.556. The summed E-state index contributed by atoms with van der Waals surface area (Å²) in [6, 6.07) is 3.57. The van der Waals surface area contributed by atoms with Gasteiger partial charge >= 0.3 is 0 Å². The zero-order valence-electron chi connectivity index (χ0n) is 7.16. The van der Waals surface area contributed by atoms with Crippen LogP contribution in [0.5, 0.6) is 0 Å². The highest BCUT2D eigenvalue weighted by molar-refractivity contribution is 9.10. The van der Waals surface area contributed by atoms with Crippen molar-refractivity contribution >= 4 is 15.9 Å². The molecule has 1 aliphatic rings. The van der Waals surface area contributed by atoms with Crippen molar-refractivity contribution in [2.45, 2.75) is 18.9 Å². The van der Waals surface area contributed by atoms with Crippen LogP contribution in [0.25, 0.3) is 0 Å². The molecule has 72 valence electrons. The van der Waals surface area contributed by atoms with Gasteiger partial charge in [-0.25, -0.2) is 0 Å². The molecule has 1 unspecified atom stereocenters. The van der Waals surface area contributed by atoms with Gasteiger partial charge in [-0.05, 0) is 40.9 Å². The first-order chi connectivity index (χ1) is 6.18. The SMILES string of the molecule is NCC1(C(O)c2ccc(Br)o2)CC1. The molecule has 0 aliphatic heterocycles. The second-order valence-electron chi connectivity index (χ2n) is 3.61. The van der Waals surface area contributed by atoms with Gasteiger partial charge in [0.2, 0.25) is 0 Å². The summed E-state index contributed by atoms with van der Waals surface area (Å²) in [5.41, 5.74) is 5.49. The molecule has 1 saturated carbocycles. The van der Waals surface area contributed by atoms with Gasteiger partial charge in [-0.1, -0.05) is 0 Å². The minimum atomic E-state index is -0.552. The fourth-order valence-corrected chi connectivity index (χ4v) is 1.85. The van der Waals surface area contributed by atoms with Crippen molar-refractivity contribution < 1.29 is 9.52 Å². The molecule has 1 aromatic rings. The van der Waals surface area contributed by atoms with Crippen molar-refractivity contribution in [3.05, 3.63) is 22.6 Å². The molecule has 4 heteroatoms. The lowest BCUT2D eigenvalue weighted by atomic mass is 9.98. The van der Waals surface area contributed by atoms with Gasteiger partial charge in [0.1, 0.15) is 11.9 Å². The van der Waals surface area contributed by atoms with Crippen molar-refractivity contribution in [2.75, 3.05) is 6.54 Å². The number of hydrogen-bond acceptors (Lipinski definition) is 3. The molecule has 0 aromatic carbocycles. The lowest BCUT2D eigenvalue weighted by Crippen LogP contribution is -2.23. The van der Waals surface area contributed by atoms with Crippen LogP contribution in [0.3, 0.4) is 0 Å². The number of aliphatic hydroxyl groups is 1. The zero-order valence-corrected chi connectivity index (χ0v) is 8.75. The lowest BCUT2D eigenvalue weighted by Gasteiger charge is -2.17. The van der Waals surface area contributed by atoms with Gasteiger partial charge in [-0.3, -0.25) is 0 Å². The van der Waals surface area contributed by atoms with Gasteiger partial charge in [-0.2, -0.15) is 0 Å². The number of halogens is 1. The third kappa shape index (κ3) is 1.54. The quantitative estimate of drug-likeness (QED) is 0.855. The second kappa shape index (κ2) is 3.12. The molecule has 3 N–H and O–H groups in total. The first-order valence-corrected chi connectivity index (χ1v) is 5.11. The van der Waals surface area contributed by atoms with E-state index in [2.05, 4.69) is 15.9 Å². The lowest BCUT2D eigenvalue weighted by molar-refractivity contribution is 0.0747. The Labute approximate surface area is 85.0 Å². The Bertz CT molecular complexity index is 306. The Morgan fingerprint density at radius 1 is 1.62 bits per heavy atom. The Hall–Kier alpha value is -0.320. The summed E-state index contributed by atoms with van der Waals surface area (Å²) in [6.07, 6.45) is 1.43.